The zero-order valence-corrected chi connectivity index (χ0v) is 17.7. The van der Waals surface area contributed by atoms with Gasteiger partial charge in [0.05, 0.1) is 52.9 Å². The number of aromatic amines is 1. The van der Waals surface area contributed by atoms with Crippen molar-refractivity contribution in [2.45, 2.75) is 18.9 Å². The summed E-state index contributed by atoms with van der Waals surface area (Å²) in [6.07, 6.45) is 11.4. The molecule has 2 atom stereocenters. The molecule has 0 saturated carbocycles. The first-order valence-corrected chi connectivity index (χ1v) is 10.6. The van der Waals surface area contributed by atoms with Gasteiger partial charge in [-0.05, 0) is 12.5 Å². The SMILES string of the molecule is N#CC[C@@H](C1CCN(c2cncc(Cl)c2C#N)C1)n1cc(-c2ncnc3[nH]ccc23)cn1. The lowest BCUT2D eigenvalue weighted by molar-refractivity contribution is 0.332. The Hall–Kier alpha value is -3.95. The molecular formula is C22H18ClN9. The van der Waals surface area contributed by atoms with Gasteiger partial charge in [0, 0.05) is 48.5 Å². The van der Waals surface area contributed by atoms with E-state index in [-0.39, 0.29) is 12.0 Å². The van der Waals surface area contributed by atoms with E-state index in [1.807, 2.05) is 23.1 Å². The quantitative estimate of drug-likeness (QED) is 0.498. The molecule has 1 N–H and O–H groups in total. The molecule has 0 aromatic carbocycles. The Morgan fingerprint density at radius 2 is 2.16 bits per heavy atom. The van der Waals surface area contributed by atoms with Gasteiger partial charge >= 0.3 is 0 Å². The molecule has 5 rings (SSSR count). The van der Waals surface area contributed by atoms with Crippen LogP contribution < -0.4 is 4.90 Å². The maximum atomic E-state index is 9.51. The number of H-pyrrole nitrogens is 1. The number of nitrogens with one attached hydrogen (secondary N) is 1. The van der Waals surface area contributed by atoms with Crippen LogP contribution in [-0.4, -0.2) is 42.8 Å². The highest BCUT2D eigenvalue weighted by Crippen LogP contribution is 2.36. The molecule has 0 aliphatic carbocycles. The Labute approximate surface area is 188 Å². The Bertz CT molecular complexity index is 1360. The van der Waals surface area contributed by atoms with Crippen LogP contribution in [0.4, 0.5) is 5.69 Å². The molecule has 158 valence electrons. The van der Waals surface area contributed by atoms with Crippen molar-refractivity contribution < 1.29 is 0 Å². The maximum Gasteiger partial charge on any atom is 0.141 e. The largest absolute Gasteiger partial charge is 0.369 e. The van der Waals surface area contributed by atoms with Crippen molar-refractivity contribution in [3.63, 3.8) is 0 Å². The van der Waals surface area contributed by atoms with E-state index in [1.165, 1.54) is 12.5 Å². The average Bonchev–Trinajstić information content (AvgIpc) is 3.57. The van der Waals surface area contributed by atoms with E-state index in [0.717, 1.165) is 40.9 Å². The third-order valence-corrected chi connectivity index (χ3v) is 6.26. The number of nitrogens with zero attached hydrogens (tertiary/aromatic N) is 8. The number of pyridine rings is 1. The van der Waals surface area contributed by atoms with Gasteiger partial charge < -0.3 is 9.88 Å². The Morgan fingerprint density at radius 1 is 1.25 bits per heavy atom. The second-order valence-corrected chi connectivity index (χ2v) is 8.13. The summed E-state index contributed by atoms with van der Waals surface area (Å²) in [4.78, 5) is 18.0. The minimum atomic E-state index is -0.0972. The number of hydrogen-bond donors (Lipinski definition) is 1. The summed E-state index contributed by atoms with van der Waals surface area (Å²) in [6, 6.07) is 6.33. The summed E-state index contributed by atoms with van der Waals surface area (Å²) >= 11 is 6.17. The monoisotopic (exact) mass is 443 g/mol. The molecule has 4 aromatic rings. The van der Waals surface area contributed by atoms with Gasteiger partial charge in [-0.1, -0.05) is 11.6 Å². The Balaban J connectivity index is 1.42. The van der Waals surface area contributed by atoms with Gasteiger partial charge in [-0.25, -0.2) is 9.97 Å². The van der Waals surface area contributed by atoms with Gasteiger partial charge in [0.1, 0.15) is 18.0 Å². The minimum Gasteiger partial charge on any atom is -0.369 e. The lowest BCUT2D eigenvalue weighted by Gasteiger charge is -2.24. The molecule has 1 aliphatic rings. The highest BCUT2D eigenvalue weighted by molar-refractivity contribution is 6.32. The zero-order valence-electron chi connectivity index (χ0n) is 17.0. The van der Waals surface area contributed by atoms with Gasteiger partial charge in [-0.2, -0.15) is 15.6 Å². The summed E-state index contributed by atoms with van der Waals surface area (Å²) < 4.78 is 1.87. The molecule has 0 spiro atoms. The van der Waals surface area contributed by atoms with Crippen molar-refractivity contribution in [1.82, 2.24) is 29.7 Å². The molecule has 1 fully saturated rings. The van der Waals surface area contributed by atoms with Gasteiger partial charge in [-0.3, -0.25) is 9.67 Å². The molecule has 1 unspecified atom stereocenters. The van der Waals surface area contributed by atoms with E-state index < -0.39 is 0 Å². The highest BCUT2D eigenvalue weighted by atomic mass is 35.5. The van der Waals surface area contributed by atoms with Crippen molar-refractivity contribution in [3.05, 3.63) is 54.0 Å². The summed E-state index contributed by atoms with van der Waals surface area (Å²) in [7, 11) is 0. The fraction of sp³-hybridized carbons (Fsp3) is 0.273. The molecule has 1 aliphatic heterocycles. The molecular weight excluding hydrogens is 426 g/mol. The summed E-state index contributed by atoms with van der Waals surface area (Å²) in [5.74, 6) is 0.186. The predicted molar refractivity (Wildman–Crippen MR) is 119 cm³/mol. The standard InChI is InChI=1S/C22H18ClN9/c23-18-9-26-10-20(17(18)7-25)31-6-3-14(11-31)19(1-4-24)32-12-15(8-30-32)21-16-2-5-27-22(16)29-13-28-21/h2,5,8-10,12-14,19H,1,3,6,11H2,(H,27,28,29)/t14?,19-/m0/s1. The topological polar surface area (TPSA) is 123 Å². The van der Waals surface area contributed by atoms with Crippen LogP contribution in [0.1, 0.15) is 24.4 Å². The first kappa shape index (κ1) is 20.0. The van der Waals surface area contributed by atoms with Crippen LogP contribution >= 0.6 is 11.6 Å². The molecule has 32 heavy (non-hydrogen) atoms. The fourth-order valence-electron chi connectivity index (χ4n) is 4.41. The van der Waals surface area contributed by atoms with Crippen molar-refractivity contribution in [3.8, 4) is 23.4 Å². The van der Waals surface area contributed by atoms with Crippen molar-refractivity contribution in [2.75, 3.05) is 18.0 Å². The number of hydrogen-bond acceptors (Lipinski definition) is 7. The molecule has 5 heterocycles. The lowest BCUT2D eigenvalue weighted by atomic mass is 9.96. The Morgan fingerprint density at radius 3 is 3.00 bits per heavy atom. The molecule has 4 aromatic heterocycles. The Kier molecular flexibility index (Phi) is 5.18. The van der Waals surface area contributed by atoms with E-state index in [1.54, 1.807) is 12.4 Å². The molecule has 0 bridgehead atoms. The van der Waals surface area contributed by atoms with Crippen LogP contribution in [0.15, 0.2) is 43.4 Å². The van der Waals surface area contributed by atoms with Crippen molar-refractivity contribution in [2.24, 2.45) is 5.92 Å². The van der Waals surface area contributed by atoms with E-state index >= 15 is 0 Å². The van der Waals surface area contributed by atoms with E-state index in [0.29, 0.717) is 23.6 Å². The third-order valence-electron chi connectivity index (χ3n) is 5.97. The molecule has 9 nitrogen and oxygen atoms in total. The average molecular weight is 444 g/mol. The lowest BCUT2D eigenvalue weighted by Crippen LogP contribution is -2.25. The van der Waals surface area contributed by atoms with E-state index in [4.69, 9.17) is 11.6 Å². The van der Waals surface area contributed by atoms with E-state index in [9.17, 15) is 10.5 Å². The summed E-state index contributed by atoms with van der Waals surface area (Å²) in [5, 5.41) is 24.9. The number of rotatable bonds is 5. The number of aromatic nitrogens is 6. The van der Waals surface area contributed by atoms with Crippen LogP contribution in [0.5, 0.6) is 0 Å². The smallest absolute Gasteiger partial charge is 0.141 e. The zero-order chi connectivity index (χ0) is 22.1. The maximum absolute atomic E-state index is 9.51. The summed E-state index contributed by atoms with van der Waals surface area (Å²) in [6.45, 7) is 1.45. The molecule has 0 amide bonds. The van der Waals surface area contributed by atoms with Crippen molar-refractivity contribution in [1.29, 1.82) is 10.5 Å². The number of halogens is 1. The van der Waals surface area contributed by atoms with Crippen LogP contribution in [0.25, 0.3) is 22.3 Å². The predicted octanol–water partition coefficient (Wildman–Crippen LogP) is 3.72. The summed E-state index contributed by atoms with van der Waals surface area (Å²) in [5.41, 5.74) is 3.61. The van der Waals surface area contributed by atoms with Gasteiger partial charge in [-0.15, -0.1) is 0 Å². The van der Waals surface area contributed by atoms with Crippen LogP contribution in [0.2, 0.25) is 5.02 Å². The second-order valence-electron chi connectivity index (χ2n) is 7.72. The molecule has 10 heteroatoms. The first-order chi connectivity index (χ1) is 15.7. The minimum absolute atomic E-state index is 0.0972. The number of anilines is 1. The van der Waals surface area contributed by atoms with E-state index in [2.05, 4.69) is 42.1 Å². The van der Waals surface area contributed by atoms with Gasteiger partial charge in [0.15, 0.2) is 0 Å². The highest BCUT2D eigenvalue weighted by Gasteiger charge is 2.32. The molecule has 0 radical (unpaired) electrons. The number of fused-ring (bicyclic) bond motifs is 1. The van der Waals surface area contributed by atoms with Gasteiger partial charge in [0.2, 0.25) is 0 Å². The van der Waals surface area contributed by atoms with Gasteiger partial charge in [0.25, 0.3) is 0 Å². The normalized spacial score (nSPS) is 16.7. The number of nitriles is 2. The second kappa shape index (κ2) is 8.29. The van der Waals surface area contributed by atoms with Crippen LogP contribution in [0, 0.1) is 28.6 Å². The fourth-order valence-corrected chi connectivity index (χ4v) is 4.60. The third kappa shape index (κ3) is 3.43. The van der Waals surface area contributed by atoms with Crippen molar-refractivity contribution >= 4 is 28.3 Å². The molecule has 1 saturated heterocycles. The van der Waals surface area contributed by atoms with Crippen LogP contribution in [0.3, 0.4) is 0 Å². The van der Waals surface area contributed by atoms with Crippen LogP contribution in [-0.2, 0) is 0 Å². The first-order valence-electron chi connectivity index (χ1n) is 10.2.